The van der Waals surface area contributed by atoms with Crippen molar-refractivity contribution in [2.45, 2.75) is 19.8 Å². The molecule has 2 nitrogen and oxygen atoms in total. The van der Waals surface area contributed by atoms with Crippen molar-refractivity contribution in [1.29, 1.82) is 0 Å². The molecule has 0 atom stereocenters. The molecule has 0 aliphatic carbocycles. The van der Waals surface area contributed by atoms with E-state index in [0.29, 0.717) is 6.42 Å². The molecular weight excluding hydrogens is 106 g/mol. The van der Waals surface area contributed by atoms with Crippen LogP contribution >= 0.6 is 0 Å². The van der Waals surface area contributed by atoms with Gasteiger partial charge in [0.1, 0.15) is 0 Å². The molecule has 0 bridgehead atoms. The quantitative estimate of drug-likeness (QED) is 0.264. The Morgan fingerprint density at radius 3 is 1.89 bits per heavy atom. The van der Waals surface area contributed by atoms with Gasteiger partial charge in [0.2, 0.25) is 0 Å². The first-order valence-electron chi connectivity index (χ1n) is 2.31. The molecule has 0 unspecified atom stereocenters. The third-order valence-electron chi connectivity index (χ3n) is 0.600. The Kier molecular flexibility index (Phi) is 20.5. The summed E-state index contributed by atoms with van der Waals surface area (Å²) in [5, 5.41) is 19.2. The van der Waals surface area contributed by atoms with Crippen LogP contribution in [0.3, 0.4) is 0 Å². The molecule has 0 rings (SSSR count). The van der Waals surface area contributed by atoms with Gasteiger partial charge in [-0.1, -0.05) is 13.3 Å². The zero-order valence-corrected chi connectivity index (χ0v) is 6.31. The number of allylic oxidation sites excluding steroid dienone is 1. The van der Waals surface area contributed by atoms with Gasteiger partial charge in [0.15, 0.2) is 0 Å². The molecule has 0 aromatic heterocycles. The van der Waals surface area contributed by atoms with Crippen molar-refractivity contribution in [3.8, 4) is 0 Å². The standard InChI is InChI=1S/C5H10O2.2Li/c1-2-3-4-5(6)7;;/h4,6-7H,2-3H2,1H3;;/q;2*+1/p-2. The zero-order chi connectivity index (χ0) is 5.70. The van der Waals surface area contributed by atoms with Gasteiger partial charge in [0, 0.05) is 0 Å². The van der Waals surface area contributed by atoms with Gasteiger partial charge in [-0.2, -0.15) is 0 Å². The topological polar surface area (TPSA) is 46.1 Å². The van der Waals surface area contributed by atoms with E-state index in [0.717, 1.165) is 12.5 Å². The average molecular weight is 114 g/mol. The molecule has 0 saturated carbocycles. The minimum atomic E-state index is -1.07. The van der Waals surface area contributed by atoms with Gasteiger partial charge in [-0.25, -0.2) is 5.95 Å². The van der Waals surface area contributed by atoms with E-state index in [1.807, 2.05) is 6.92 Å². The summed E-state index contributed by atoms with van der Waals surface area (Å²) >= 11 is 0. The minimum Gasteiger partial charge on any atom is -0.884 e. The van der Waals surface area contributed by atoms with Crippen molar-refractivity contribution in [2.24, 2.45) is 0 Å². The van der Waals surface area contributed by atoms with Crippen molar-refractivity contribution in [3.63, 3.8) is 0 Å². The van der Waals surface area contributed by atoms with Crippen molar-refractivity contribution in [1.82, 2.24) is 0 Å². The van der Waals surface area contributed by atoms with Crippen LogP contribution in [0.15, 0.2) is 12.0 Å². The van der Waals surface area contributed by atoms with Crippen LogP contribution < -0.4 is 47.9 Å². The van der Waals surface area contributed by atoms with Gasteiger partial charge in [0.25, 0.3) is 0 Å². The van der Waals surface area contributed by atoms with E-state index in [9.17, 15) is 10.2 Å². The molecule has 0 aromatic carbocycles. The van der Waals surface area contributed by atoms with Crippen molar-refractivity contribution < 1.29 is 47.9 Å². The predicted octanol–water partition coefficient (Wildman–Crippen LogP) is -6.64. The second-order valence-corrected chi connectivity index (χ2v) is 1.31. The monoisotopic (exact) mass is 114 g/mol. The number of rotatable bonds is 2. The van der Waals surface area contributed by atoms with Crippen molar-refractivity contribution >= 4 is 0 Å². The van der Waals surface area contributed by atoms with Gasteiger partial charge < -0.3 is 10.2 Å². The summed E-state index contributed by atoms with van der Waals surface area (Å²) in [5.74, 6) is -1.07. The fourth-order valence-electron chi connectivity index (χ4n) is 0.262. The van der Waals surface area contributed by atoms with Crippen LogP contribution in [0, 0.1) is 0 Å². The molecule has 0 aliphatic rings. The Morgan fingerprint density at radius 2 is 1.78 bits per heavy atom. The minimum absolute atomic E-state index is 0. The van der Waals surface area contributed by atoms with Crippen LogP contribution in [-0.4, -0.2) is 0 Å². The molecule has 4 heteroatoms. The van der Waals surface area contributed by atoms with Crippen LogP contribution in [-0.2, 0) is 0 Å². The normalized spacial score (nSPS) is 6.33. The maximum absolute atomic E-state index is 9.59. The fraction of sp³-hybridized carbons (Fsp3) is 0.600. The average Bonchev–Trinajstić information content (AvgIpc) is 1.61. The van der Waals surface area contributed by atoms with E-state index in [1.165, 1.54) is 0 Å². The van der Waals surface area contributed by atoms with Crippen LogP contribution in [0.4, 0.5) is 0 Å². The molecular formula is C5H8Li2O2. The van der Waals surface area contributed by atoms with Gasteiger partial charge in [-0.05, 0) is 6.42 Å². The Bertz CT molecular complexity index is 69.4. The maximum Gasteiger partial charge on any atom is 1.00 e. The van der Waals surface area contributed by atoms with E-state index in [-0.39, 0.29) is 37.7 Å². The van der Waals surface area contributed by atoms with Gasteiger partial charge in [-0.15, -0.1) is 6.08 Å². The maximum atomic E-state index is 9.59. The second kappa shape index (κ2) is 11.3. The first kappa shape index (κ1) is 16.3. The Labute approximate surface area is 79.7 Å². The molecule has 42 valence electrons. The SMILES string of the molecule is CCCC=C([O-])[O-].[Li+].[Li+]. The molecule has 0 aliphatic heterocycles. The number of unbranched alkanes of at least 4 members (excludes halogenated alkanes) is 1. The van der Waals surface area contributed by atoms with Crippen LogP contribution in [0.25, 0.3) is 0 Å². The summed E-state index contributed by atoms with van der Waals surface area (Å²) in [6.45, 7) is 1.92. The summed E-state index contributed by atoms with van der Waals surface area (Å²) in [7, 11) is 0. The van der Waals surface area contributed by atoms with Crippen LogP contribution in [0.1, 0.15) is 19.8 Å². The first-order valence-corrected chi connectivity index (χ1v) is 2.31. The smallest absolute Gasteiger partial charge is 0.884 e. The van der Waals surface area contributed by atoms with Crippen LogP contribution in [0.2, 0.25) is 0 Å². The molecule has 0 heterocycles. The van der Waals surface area contributed by atoms with Crippen molar-refractivity contribution in [2.75, 3.05) is 0 Å². The third-order valence-corrected chi connectivity index (χ3v) is 0.600. The van der Waals surface area contributed by atoms with E-state index < -0.39 is 5.95 Å². The summed E-state index contributed by atoms with van der Waals surface area (Å²) in [6.07, 6.45) is 2.64. The molecule has 0 fully saturated rings. The second-order valence-electron chi connectivity index (χ2n) is 1.31. The van der Waals surface area contributed by atoms with Gasteiger partial charge in [-0.3, -0.25) is 0 Å². The fourth-order valence-corrected chi connectivity index (χ4v) is 0.262. The Balaban J connectivity index is -0.000000180. The summed E-state index contributed by atoms with van der Waals surface area (Å²) < 4.78 is 0. The summed E-state index contributed by atoms with van der Waals surface area (Å²) in [5.41, 5.74) is 0. The van der Waals surface area contributed by atoms with Gasteiger partial charge in [0.05, 0.1) is 0 Å². The van der Waals surface area contributed by atoms with E-state index in [4.69, 9.17) is 0 Å². The Morgan fingerprint density at radius 1 is 1.33 bits per heavy atom. The largest absolute Gasteiger partial charge is 1.00 e. The Hall–Kier alpha value is 0.535. The predicted molar refractivity (Wildman–Crippen MR) is 23.0 cm³/mol. The molecule has 0 radical (unpaired) electrons. The van der Waals surface area contributed by atoms with E-state index in [2.05, 4.69) is 0 Å². The molecule has 0 spiro atoms. The molecule has 9 heavy (non-hydrogen) atoms. The van der Waals surface area contributed by atoms with E-state index in [1.54, 1.807) is 0 Å². The van der Waals surface area contributed by atoms with Crippen LogP contribution in [0.5, 0.6) is 0 Å². The van der Waals surface area contributed by atoms with Gasteiger partial charge >= 0.3 is 37.7 Å². The molecule has 0 saturated heterocycles. The molecule has 0 N–H and O–H groups in total. The van der Waals surface area contributed by atoms with Crippen molar-refractivity contribution in [3.05, 3.63) is 12.0 Å². The molecule has 0 aromatic rings. The zero-order valence-electron chi connectivity index (χ0n) is 6.31. The summed E-state index contributed by atoms with van der Waals surface area (Å²) in [4.78, 5) is 0. The number of hydrogen-bond donors (Lipinski definition) is 0. The first-order chi connectivity index (χ1) is 3.27. The summed E-state index contributed by atoms with van der Waals surface area (Å²) in [6, 6.07) is 0. The number of hydrogen-bond acceptors (Lipinski definition) is 2. The molecule has 0 amide bonds. The third kappa shape index (κ3) is 17.7. The van der Waals surface area contributed by atoms with E-state index >= 15 is 0 Å².